The molecule has 1 fully saturated rings. The predicted octanol–water partition coefficient (Wildman–Crippen LogP) is 1.24. The van der Waals surface area contributed by atoms with E-state index in [4.69, 9.17) is 5.11 Å². The number of carboxylic acids is 1. The van der Waals surface area contributed by atoms with Gasteiger partial charge in [-0.05, 0) is 25.2 Å². The molecule has 0 spiro atoms. The summed E-state index contributed by atoms with van der Waals surface area (Å²) in [5.41, 5.74) is 0. The minimum Gasteiger partial charge on any atom is -0.480 e. The lowest BCUT2D eigenvalue weighted by molar-refractivity contribution is -0.140. The van der Waals surface area contributed by atoms with Gasteiger partial charge in [-0.2, -0.15) is 0 Å². The Morgan fingerprint density at radius 1 is 1.58 bits per heavy atom. The second-order valence-electron chi connectivity index (χ2n) is 3.96. The minimum atomic E-state index is -0.712. The SMILES string of the molecule is CC(C)CC(NC1CC1)C(=O)O. The van der Waals surface area contributed by atoms with Gasteiger partial charge in [0.2, 0.25) is 0 Å². The molecule has 1 atom stereocenters. The molecule has 1 saturated carbocycles. The highest BCUT2D eigenvalue weighted by Crippen LogP contribution is 2.20. The molecule has 0 heterocycles. The monoisotopic (exact) mass is 171 g/mol. The number of aliphatic carboxylic acids is 1. The van der Waals surface area contributed by atoms with E-state index in [0.717, 1.165) is 19.3 Å². The Hall–Kier alpha value is -0.570. The molecule has 0 aliphatic heterocycles. The van der Waals surface area contributed by atoms with Crippen LogP contribution in [0, 0.1) is 5.92 Å². The van der Waals surface area contributed by atoms with Gasteiger partial charge in [0.05, 0.1) is 0 Å². The van der Waals surface area contributed by atoms with Crippen molar-refractivity contribution >= 4 is 5.97 Å². The Kier molecular flexibility index (Phi) is 3.09. The molecular weight excluding hydrogens is 154 g/mol. The summed E-state index contributed by atoms with van der Waals surface area (Å²) in [4.78, 5) is 10.7. The van der Waals surface area contributed by atoms with Crippen LogP contribution in [0.15, 0.2) is 0 Å². The molecule has 0 amide bonds. The molecule has 3 nitrogen and oxygen atoms in total. The van der Waals surface area contributed by atoms with E-state index in [2.05, 4.69) is 5.32 Å². The first-order valence-corrected chi connectivity index (χ1v) is 4.58. The summed E-state index contributed by atoms with van der Waals surface area (Å²) in [6.45, 7) is 4.09. The fourth-order valence-electron chi connectivity index (χ4n) is 1.25. The van der Waals surface area contributed by atoms with Gasteiger partial charge in [0.15, 0.2) is 0 Å². The summed E-state index contributed by atoms with van der Waals surface area (Å²) < 4.78 is 0. The van der Waals surface area contributed by atoms with Crippen molar-refractivity contribution in [2.45, 2.75) is 45.2 Å². The highest BCUT2D eigenvalue weighted by molar-refractivity contribution is 5.73. The van der Waals surface area contributed by atoms with Crippen molar-refractivity contribution in [2.75, 3.05) is 0 Å². The van der Waals surface area contributed by atoms with Gasteiger partial charge in [-0.1, -0.05) is 13.8 Å². The molecule has 1 unspecified atom stereocenters. The third-order valence-corrected chi connectivity index (χ3v) is 2.02. The molecular formula is C9H17NO2. The van der Waals surface area contributed by atoms with Crippen molar-refractivity contribution < 1.29 is 9.90 Å². The molecule has 0 aromatic carbocycles. The van der Waals surface area contributed by atoms with Crippen LogP contribution in [0.25, 0.3) is 0 Å². The summed E-state index contributed by atoms with van der Waals surface area (Å²) in [5.74, 6) is -0.270. The van der Waals surface area contributed by atoms with Gasteiger partial charge in [0, 0.05) is 6.04 Å². The summed E-state index contributed by atoms with van der Waals surface area (Å²) >= 11 is 0. The molecule has 0 bridgehead atoms. The standard InChI is InChI=1S/C9H17NO2/c1-6(2)5-8(9(11)12)10-7-3-4-7/h6-8,10H,3-5H2,1-2H3,(H,11,12). The number of carbonyl (C=O) groups is 1. The summed E-state index contributed by atoms with van der Waals surface area (Å²) in [6.07, 6.45) is 3.01. The van der Waals surface area contributed by atoms with Crippen LogP contribution >= 0.6 is 0 Å². The average Bonchev–Trinajstić information content (AvgIpc) is 2.68. The first-order chi connectivity index (χ1) is 5.59. The number of hydrogen-bond donors (Lipinski definition) is 2. The summed E-state index contributed by atoms with van der Waals surface area (Å²) in [5, 5.41) is 12.0. The van der Waals surface area contributed by atoms with Crippen LogP contribution in [-0.2, 0) is 4.79 Å². The maximum absolute atomic E-state index is 10.7. The average molecular weight is 171 g/mol. The predicted molar refractivity (Wildman–Crippen MR) is 47.0 cm³/mol. The smallest absolute Gasteiger partial charge is 0.320 e. The van der Waals surface area contributed by atoms with E-state index >= 15 is 0 Å². The van der Waals surface area contributed by atoms with Crippen LogP contribution in [0.5, 0.6) is 0 Å². The van der Waals surface area contributed by atoms with Crippen molar-refractivity contribution in [1.29, 1.82) is 0 Å². The molecule has 12 heavy (non-hydrogen) atoms. The van der Waals surface area contributed by atoms with Gasteiger partial charge in [0.25, 0.3) is 0 Å². The van der Waals surface area contributed by atoms with Crippen LogP contribution in [0.4, 0.5) is 0 Å². The lowest BCUT2D eigenvalue weighted by atomic mass is 10.0. The summed E-state index contributed by atoms with van der Waals surface area (Å²) in [7, 11) is 0. The normalized spacial score (nSPS) is 19.6. The lowest BCUT2D eigenvalue weighted by Crippen LogP contribution is -2.39. The fraction of sp³-hybridized carbons (Fsp3) is 0.889. The van der Waals surface area contributed by atoms with Crippen molar-refractivity contribution in [3.05, 3.63) is 0 Å². The van der Waals surface area contributed by atoms with Crippen LogP contribution in [0.1, 0.15) is 33.1 Å². The number of rotatable bonds is 5. The molecule has 3 heteroatoms. The van der Waals surface area contributed by atoms with E-state index in [-0.39, 0.29) is 6.04 Å². The molecule has 1 aliphatic rings. The first kappa shape index (κ1) is 9.52. The van der Waals surface area contributed by atoms with Crippen molar-refractivity contribution in [3.8, 4) is 0 Å². The van der Waals surface area contributed by atoms with Gasteiger partial charge in [0.1, 0.15) is 6.04 Å². The fourth-order valence-corrected chi connectivity index (χ4v) is 1.25. The Morgan fingerprint density at radius 3 is 2.50 bits per heavy atom. The zero-order chi connectivity index (χ0) is 9.14. The van der Waals surface area contributed by atoms with Crippen molar-refractivity contribution in [2.24, 2.45) is 5.92 Å². The lowest BCUT2D eigenvalue weighted by Gasteiger charge is -2.15. The minimum absolute atomic E-state index is 0.336. The van der Waals surface area contributed by atoms with Crippen molar-refractivity contribution in [1.82, 2.24) is 5.32 Å². The molecule has 0 aromatic heterocycles. The van der Waals surface area contributed by atoms with Crippen LogP contribution in [0.2, 0.25) is 0 Å². The molecule has 0 saturated heterocycles. The zero-order valence-electron chi connectivity index (χ0n) is 7.71. The Bertz CT molecular complexity index is 160. The van der Waals surface area contributed by atoms with E-state index in [0.29, 0.717) is 12.0 Å². The Morgan fingerprint density at radius 2 is 2.17 bits per heavy atom. The van der Waals surface area contributed by atoms with E-state index in [9.17, 15) is 4.79 Å². The largest absolute Gasteiger partial charge is 0.480 e. The topological polar surface area (TPSA) is 49.3 Å². The maximum atomic E-state index is 10.7. The van der Waals surface area contributed by atoms with E-state index in [1.54, 1.807) is 0 Å². The van der Waals surface area contributed by atoms with Gasteiger partial charge < -0.3 is 10.4 Å². The van der Waals surface area contributed by atoms with Crippen LogP contribution < -0.4 is 5.32 Å². The molecule has 0 aromatic rings. The van der Waals surface area contributed by atoms with Crippen molar-refractivity contribution in [3.63, 3.8) is 0 Å². The number of hydrogen-bond acceptors (Lipinski definition) is 2. The maximum Gasteiger partial charge on any atom is 0.320 e. The summed E-state index contributed by atoms with van der Waals surface area (Å²) in [6, 6.07) is 0.141. The molecule has 1 rings (SSSR count). The van der Waals surface area contributed by atoms with Gasteiger partial charge in [-0.25, -0.2) is 0 Å². The van der Waals surface area contributed by atoms with E-state index in [1.165, 1.54) is 0 Å². The molecule has 1 aliphatic carbocycles. The second kappa shape index (κ2) is 3.90. The Balaban J connectivity index is 2.31. The van der Waals surface area contributed by atoms with Crippen LogP contribution in [-0.4, -0.2) is 23.2 Å². The molecule has 0 radical (unpaired) electrons. The van der Waals surface area contributed by atoms with Gasteiger partial charge in [-0.3, -0.25) is 4.79 Å². The molecule has 2 N–H and O–H groups in total. The van der Waals surface area contributed by atoms with E-state index < -0.39 is 5.97 Å². The first-order valence-electron chi connectivity index (χ1n) is 4.58. The third-order valence-electron chi connectivity index (χ3n) is 2.02. The highest BCUT2D eigenvalue weighted by Gasteiger charge is 2.28. The van der Waals surface area contributed by atoms with E-state index in [1.807, 2.05) is 13.8 Å². The quantitative estimate of drug-likeness (QED) is 0.654. The third kappa shape index (κ3) is 3.22. The highest BCUT2D eigenvalue weighted by atomic mass is 16.4. The Labute approximate surface area is 73.2 Å². The zero-order valence-corrected chi connectivity index (χ0v) is 7.71. The second-order valence-corrected chi connectivity index (χ2v) is 3.96. The van der Waals surface area contributed by atoms with Crippen LogP contribution in [0.3, 0.4) is 0 Å². The van der Waals surface area contributed by atoms with Gasteiger partial charge >= 0.3 is 5.97 Å². The number of carboxylic acid groups (broad SMARTS) is 1. The van der Waals surface area contributed by atoms with Gasteiger partial charge in [-0.15, -0.1) is 0 Å². The molecule has 70 valence electrons. The number of nitrogens with one attached hydrogen (secondary N) is 1.